The highest BCUT2D eigenvalue weighted by Gasteiger charge is 2.25. The quantitative estimate of drug-likeness (QED) is 0.366. The third-order valence-electron chi connectivity index (χ3n) is 5.34. The second-order valence-corrected chi connectivity index (χ2v) is 8.27. The van der Waals surface area contributed by atoms with Gasteiger partial charge in [-0.05, 0) is 36.6 Å². The fraction of sp³-hybridized carbons (Fsp3) is 0.292. The van der Waals surface area contributed by atoms with Crippen molar-refractivity contribution in [2.45, 2.75) is 26.3 Å². The molecule has 4 aromatic rings. The first-order valence-corrected chi connectivity index (χ1v) is 11.3. The summed E-state index contributed by atoms with van der Waals surface area (Å²) in [4.78, 5) is 24.5. The highest BCUT2D eigenvalue weighted by atomic mass is 32.1. The maximum Gasteiger partial charge on any atom is 0.263 e. The molecule has 0 aliphatic rings. The molecule has 4 rings (SSSR count). The summed E-state index contributed by atoms with van der Waals surface area (Å²) in [6.45, 7) is 3.38. The summed E-state index contributed by atoms with van der Waals surface area (Å²) < 4.78 is 14.0. The number of benzene rings is 2. The molecule has 1 amide bonds. The Bertz CT molecular complexity index is 1200. The van der Waals surface area contributed by atoms with Gasteiger partial charge >= 0.3 is 0 Å². The molecular weight excluding hydrogens is 424 g/mol. The Labute approximate surface area is 191 Å². The number of aryl methyl sites for hydroxylation is 2. The summed E-state index contributed by atoms with van der Waals surface area (Å²) in [5.74, 6) is 0.785. The summed E-state index contributed by atoms with van der Waals surface area (Å²) >= 11 is 1.53. The Morgan fingerprint density at radius 3 is 2.72 bits per heavy atom. The number of amides is 1. The van der Waals surface area contributed by atoms with Crippen LogP contribution in [0.2, 0.25) is 0 Å². The normalized spacial score (nSPS) is 11.0. The number of aromatic nitrogens is 3. The average molecular weight is 451 g/mol. The Hall–Kier alpha value is -3.39. The van der Waals surface area contributed by atoms with Crippen molar-refractivity contribution in [2.24, 2.45) is 0 Å². The third kappa shape index (κ3) is 4.31. The molecule has 7 nitrogen and oxygen atoms in total. The van der Waals surface area contributed by atoms with E-state index in [9.17, 15) is 4.79 Å². The molecule has 0 fully saturated rings. The molecule has 32 heavy (non-hydrogen) atoms. The lowest BCUT2D eigenvalue weighted by Crippen LogP contribution is -2.32. The molecule has 166 valence electrons. The number of anilines is 1. The lowest BCUT2D eigenvalue weighted by molar-refractivity contribution is 0.0982. The maximum absolute atomic E-state index is 13.8. The van der Waals surface area contributed by atoms with Crippen molar-refractivity contribution < 1.29 is 14.3 Å². The third-order valence-corrected chi connectivity index (χ3v) is 6.38. The van der Waals surface area contributed by atoms with Gasteiger partial charge in [-0.15, -0.1) is 0 Å². The van der Waals surface area contributed by atoms with Crippen molar-refractivity contribution in [1.82, 2.24) is 14.5 Å². The van der Waals surface area contributed by atoms with E-state index >= 15 is 0 Å². The summed E-state index contributed by atoms with van der Waals surface area (Å²) in [6.07, 6.45) is 7.10. The monoisotopic (exact) mass is 450 g/mol. The van der Waals surface area contributed by atoms with Gasteiger partial charge in [0, 0.05) is 25.5 Å². The molecule has 0 radical (unpaired) electrons. The molecule has 0 spiro atoms. The zero-order chi connectivity index (χ0) is 22.5. The summed E-state index contributed by atoms with van der Waals surface area (Å²) in [7, 11) is 3.11. The van der Waals surface area contributed by atoms with Crippen LogP contribution in [0.1, 0.15) is 29.3 Å². The molecular formula is C24H26N4O3S. The van der Waals surface area contributed by atoms with E-state index in [4.69, 9.17) is 14.5 Å². The molecule has 8 heteroatoms. The van der Waals surface area contributed by atoms with Gasteiger partial charge in [0.2, 0.25) is 0 Å². The number of carbonyl (C=O) groups excluding carboxylic acids is 1. The summed E-state index contributed by atoms with van der Waals surface area (Å²) in [6, 6.07) is 11.5. The number of fused-ring (bicyclic) bond motifs is 1. The second kappa shape index (κ2) is 9.82. The van der Waals surface area contributed by atoms with Crippen LogP contribution in [0.3, 0.4) is 0 Å². The molecule has 0 N–H and O–H groups in total. The molecule has 0 aliphatic heterocycles. The van der Waals surface area contributed by atoms with Crippen LogP contribution in [0.4, 0.5) is 5.13 Å². The van der Waals surface area contributed by atoms with Crippen LogP contribution in [0.25, 0.3) is 10.2 Å². The van der Waals surface area contributed by atoms with Gasteiger partial charge < -0.3 is 14.0 Å². The van der Waals surface area contributed by atoms with Gasteiger partial charge in [-0.25, -0.2) is 9.97 Å². The number of imidazole rings is 1. The zero-order valence-corrected chi connectivity index (χ0v) is 19.3. The predicted octanol–water partition coefficient (Wildman–Crippen LogP) is 4.81. The minimum atomic E-state index is -0.163. The Kier molecular flexibility index (Phi) is 6.70. The SMILES string of the molecule is CCc1cccc2sc(N(CCCn3ccnc3)C(=O)c3cccc(OC)c3OC)nc12. The van der Waals surface area contributed by atoms with E-state index in [1.54, 1.807) is 49.8 Å². The number of hydrogen-bond donors (Lipinski definition) is 0. The average Bonchev–Trinajstić information content (AvgIpc) is 3.50. The van der Waals surface area contributed by atoms with Crippen LogP contribution in [-0.2, 0) is 13.0 Å². The van der Waals surface area contributed by atoms with Gasteiger partial charge in [0.25, 0.3) is 5.91 Å². The van der Waals surface area contributed by atoms with E-state index in [1.807, 2.05) is 16.8 Å². The van der Waals surface area contributed by atoms with Gasteiger partial charge in [0.05, 0.1) is 36.3 Å². The Balaban J connectivity index is 1.71. The number of hydrogen-bond acceptors (Lipinski definition) is 6. The fourth-order valence-corrected chi connectivity index (χ4v) is 4.75. The first-order chi connectivity index (χ1) is 15.7. The topological polar surface area (TPSA) is 69.5 Å². The first kappa shape index (κ1) is 21.8. The molecule has 0 saturated carbocycles. The van der Waals surface area contributed by atoms with Crippen LogP contribution in [-0.4, -0.2) is 41.2 Å². The molecule has 0 aliphatic carbocycles. The lowest BCUT2D eigenvalue weighted by atomic mass is 10.1. The highest BCUT2D eigenvalue weighted by molar-refractivity contribution is 7.22. The fourth-order valence-electron chi connectivity index (χ4n) is 3.71. The zero-order valence-electron chi connectivity index (χ0n) is 18.4. The lowest BCUT2D eigenvalue weighted by Gasteiger charge is -2.22. The highest BCUT2D eigenvalue weighted by Crippen LogP contribution is 2.35. The minimum absolute atomic E-state index is 0.163. The van der Waals surface area contributed by atoms with Crippen LogP contribution in [0.15, 0.2) is 55.1 Å². The van der Waals surface area contributed by atoms with Gasteiger partial charge in [-0.1, -0.05) is 36.5 Å². The predicted molar refractivity (Wildman–Crippen MR) is 127 cm³/mol. The summed E-state index contributed by atoms with van der Waals surface area (Å²) in [5.41, 5.74) is 2.58. The van der Waals surface area contributed by atoms with E-state index in [0.29, 0.717) is 28.7 Å². The number of thiazole rings is 1. The molecule has 0 unspecified atom stereocenters. The minimum Gasteiger partial charge on any atom is -0.493 e. The molecule has 0 bridgehead atoms. The number of ether oxygens (including phenoxy) is 2. The van der Waals surface area contributed by atoms with Gasteiger partial charge in [0.1, 0.15) is 0 Å². The Morgan fingerprint density at radius 2 is 2.00 bits per heavy atom. The van der Waals surface area contributed by atoms with Crippen LogP contribution in [0.5, 0.6) is 11.5 Å². The number of para-hydroxylation sites is 2. The number of carbonyl (C=O) groups is 1. The van der Waals surface area contributed by atoms with Crippen molar-refractivity contribution in [3.8, 4) is 11.5 Å². The van der Waals surface area contributed by atoms with Crippen molar-refractivity contribution >= 4 is 32.6 Å². The molecule has 0 saturated heterocycles. The van der Waals surface area contributed by atoms with E-state index in [0.717, 1.165) is 29.6 Å². The smallest absolute Gasteiger partial charge is 0.263 e. The van der Waals surface area contributed by atoms with Gasteiger partial charge in [-0.2, -0.15) is 0 Å². The summed E-state index contributed by atoms with van der Waals surface area (Å²) in [5, 5.41) is 0.682. The largest absolute Gasteiger partial charge is 0.493 e. The van der Waals surface area contributed by atoms with Crippen molar-refractivity contribution in [3.63, 3.8) is 0 Å². The second-order valence-electron chi connectivity index (χ2n) is 7.27. The number of rotatable bonds is 9. The first-order valence-electron chi connectivity index (χ1n) is 10.5. The Morgan fingerprint density at radius 1 is 1.16 bits per heavy atom. The van der Waals surface area contributed by atoms with Crippen molar-refractivity contribution in [3.05, 3.63) is 66.2 Å². The van der Waals surface area contributed by atoms with E-state index in [2.05, 4.69) is 24.0 Å². The van der Waals surface area contributed by atoms with E-state index in [-0.39, 0.29) is 5.91 Å². The maximum atomic E-state index is 13.8. The van der Waals surface area contributed by atoms with E-state index in [1.165, 1.54) is 16.9 Å². The standard InChI is InChI=1S/C24H26N4O3S/c1-4-17-8-5-11-20-21(17)26-24(32-20)28(14-7-13-27-15-12-25-16-27)23(29)18-9-6-10-19(30-2)22(18)31-3/h5-6,8-12,15-16H,4,7,13-14H2,1-3H3. The molecule has 2 aromatic heterocycles. The van der Waals surface area contributed by atoms with Gasteiger partial charge in [0.15, 0.2) is 16.6 Å². The van der Waals surface area contributed by atoms with Crippen molar-refractivity contribution in [2.75, 3.05) is 25.7 Å². The van der Waals surface area contributed by atoms with Crippen LogP contribution in [0, 0.1) is 0 Å². The van der Waals surface area contributed by atoms with Gasteiger partial charge in [-0.3, -0.25) is 9.69 Å². The molecule has 2 heterocycles. The molecule has 0 atom stereocenters. The number of nitrogens with zero attached hydrogens (tertiary/aromatic N) is 4. The van der Waals surface area contributed by atoms with Crippen LogP contribution < -0.4 is 14.4 Å². The molecule has 2 aromatic carbocycles. The van der Waals surface area contributed by atoms with Crippen molar-refractivity contribution in [1.29, 1.82) is 0 Å². The van der Waals surface area contributed by atoms with Crippen LogP contribution >= 0.6 is 11.3 Å². The number of methoxy groups -OCH3 is 2. The van der Waals surface area contributed by atoms with E-state index < -0.39 is 0 Å².